The fourth-order valence-electron chi connectivity index (χ4n) is 2.22. The van der Waals surface area contributed by atoms with Crippen molar-refractivity contribution >= 4 is 16.8 Å². The second kappa shape index (κ2) is 3.91. The largest absolute Gasteiger partial charge is 0.464 e. The Hall–Kier alpha value is -2.23. The highest BCUT2D eigenvalue weighted by atomic mass is 16.5. The monoisotopic (exact) mass is 242 g/mol. The van der Waals surface area contributed by atoms with Crippen LogP contribution in [-0.4, -0.2) is 5.16 Å². The molecule has 2 heterocycles. The molecule has 0 spiro atoms. The summed E-state index contributed by atoms with van der Waals surface area (Å²) in [6.07, 6.45) is 1.69. The van der Waals surface area contributed by atoms with Crippen LogP contribution in [-0.2, 0) is 0 Å². The van der Waals surface area contributed by atoms with Crippen LogP contribution in [0, 0.1) is 0 Å². The van der Waals surface area contributed by atoms with E-state index in [0.717, 1.165) is 22.1 Å². The summed E-state index contributed by atoms with van der Waals surface area (Å²) in [6.45, 7) is 4.13. The number of nitrogens with zero attached hydrogens (tertiary/aromatic N) is 1. The van der Waals surface area contributed by atoms with Gasteiger partial charge in [0.15, 0.2) is 11.6 Å². The highest BCUT2D eigenvalue weighted by molar-refractivity contribution is 5.93. The van der Waals surface area contributed by atoms with Crippen molar-refractivity contribution in [1.82, 2.24) is 5.16 Å². The molecule has 0 aliphatic rings. The van der Waals surface area contributed by atoms with Crippen LogP contribution in [0.2, 0.25) is 0 Å². The van der Waals surface area contributed by atoms with Crippen LogP contribution in [0.5, 0.6) is 0 Å². The molecule has 3 rings (SSSR count). The minimum absolute atomic E-state index is 0.250. The maximum atomic E-state index is 5.86. The number of anilines is 1. The number of aromatic nitrogens is 1. The van der Waals surface area contributed by atoms with E-state index < -0.39 is 0 Å². The highest BCUT2D eigenvalue weighted by Crippen LogP contribution is 2.37. The van der Waals surface area contributed by atoms with Gasteiger partial charge in [-0.05, 0) is 12.0 Å². The van der Waals surface area contributed by atoms with Crippen LogP contribution < -0.4 is 5.73 Å². The quantitative estimate of drug-likeness (QED) is 0.742. The number of nitrogens with two attached hydrogens (primary N) is 1. The van der Waals surface area contributed by atoms with Gasteiger partial charge in [-0.3, -0.25) is 0 Å². The van der Waals surface area contributed by atoms with E-state index in [1.54, 1.807) is 6.26 Å². The first-order chi connectivity index (χ1) is 8.68. The number of nitrogen functional groups attached to an aromatic ring is 1. The lowest BCUT2D eigenvalue weighted by Crippen LogP contribution is -1.94. The molecule has 0 saturated carbocycles. The summed E-state index contributed by atoms with van der Waals surface area (Å²) in [5.74, 6) is 1.40. The molecule has 1 aromatic carbocycles. The predicted molar refractivity (Wildman–Crippen MR) is 70.2 cm³/mol. The van der Waals surface area contributed by atoms with Gasteiger partial charge in [0, 0.05) is 10.9 Å². The highest BCUT2D eigenvalue weighted by Gasteiger charge is 2.21. The van der Waals surface area contributed by atoms with Crippen molar-refractivity contribution in [3.63, 3.8) is 0 Å². The van der Waals surface area contributed by atoms with Gasteiger partial charge in [0.2, 0.25) is 0 Å². The lowest BCUT2D eigenvalue weighted by molar-refractivity contribution is 0.434. The zero-order valence-corrected chi connectivity index (χ0v) is 10.3. The molecule has 2 aromatic heterocycles. The molecule has 3 aromatic rings. The summed E-state index contributed by atoms with van der Waals surface area (Å²) < 4.78 is 10.9. The Kier molecular flexibility index (Phi) is 2.37. The minimum atomic E-state index is 0.250. The van der Waals surface area contributed by atoms with E-state index in [9.17, 15) is 0 Å². The van der Waals surface area contributed by atoms with Gasteiger partial charge < -0.3 is 14.7 Å². The van der Waals surface area contributed by atoms with Crippen molar-refractivity contribution in [1.29, 1.82) is 0 Å². The number of rotatable bonds is 2. The smallest absolute Gasteiger partial charge is 0.176 e. The Balaban J connectivity index is 2.27. The normalized spacial score (nSPS) is 11.5. The predicted octanol–water partition coefficient (Wildman–Crippen LogP) is 3.79. The molecular formula is C14H14N2O2. The molecule has 0 saturated heterocycles. The third kappa shape index (κ3) is 1.49. The molecule has 4 nitrogen and oxygen atoms in total. The van der Waals surface area contributed by atoms with Crippen molar-refractivity contribution in [2.45, 2.75) is 19.8 Å². The van der Waals surface area contributed by atoms with Gasteiger partial charge in [-0.25, -0.2) is 0 Å². The molecule has 4 heteroatoms. The molecule has 0 aliphatic heterocycles. The maximum Gasteiger partial charge on any atom is 0.176 e. The summed E-state index contributed by atoms with van der Waals surface area (Å²) in [4.78, 5) is 0. The molecule has 0 fully saturated rings. The third-order valence-corrected chi connectivity index (χ3v) is 3.06. The first kappa shape index (κ1) is 10.9. The van der Waals surface area contributed by atoms with Crippen LogP contribution in [0.1, 0.15) is 25.3 Å². The number of furan rings is 1. The van der Waals surface area contributed by atoms with E-state index in [0.29, 0.717) is 11.6 Å². The second-order valence-electron chi connectivity index (χ2n) is 4.61. The Morgan fingerprint density at radius 2 is 2.00 bits per heavy atom. The Morgan fingerprint density at radius 3 is 2.78 bits per heavy atom. The van der Waals surface area contributed by atoms with Crippen LogP contribution in [0.25, 0.3) is 22.3 Å². The van der Waals surface area contributed by atoms with Gasteiger partial charge >= 0.3 is 0 Å². The van der Waals surface area contributed by atoms with E-state index in [2.05, 4.69) is 19.0 Å². The molecule has 18 heavy (non-hydrogen) atoms. The Morgan fingerprint density at radius 1 is 1.22 bits per heavy atom. The SMILES string of the molecule is CC(C)c1c(N)noc1-c1coc2ccccc12. The molecular weight excluding hydrogens is 228 g/mol. The van der Waals surface area contributed by atoms with Gasteiger partial charge in [0.05, 0.1) is 5.56 Å². The van der Waals surface area contributed by atoms with Crippen molar-refractivity contribution < 1.29 is 8.94 Å². The van der Waals surface area contributed by atoms with E-state index in [1.807, 2.05) is 24.3 Å². The summed E-state index contributed by atoms with van der Waals surface area (Å²) in [7, 11) is 0. The van der Waals surface area contributed by atoms with E-state index in [-0.39, 0.29) is 5.92 Å². The number of hydrogen-bond donors (Lipinski definition) is 1. The molecule has 0 atom stereocenters. The van der Waals surface area contributed by atoms with E-state index in [1.165, 1.54) is 0 Å². The second-order valence-corrected chi connectivity index (χ2v) is 4.61. The zero-order valence-electron chi connectivity index (χ0n) is 10.3. The number of para-hydroxylation sites is 1. The van der Waals surface area contributed by atoms with Crippen molar-refractivity contribution in [3.8, 4) is 11.3 Å². The first-order valence-electron chi connectivity index (χ1n) is 5.90. The van der Waals surface area contributed by atoms with E-state index in [4.69, 9.17) is 14.7 Å². The van der Waals surface area contributed by atoms with Gasteiger partial charge in [-0.1, -0.05) is 37.2 Å². The van der Waals surface area contributed by atoms with Crippen LogP contribution in [0.3, 0.4) is 0 Å². The molecule has 2 N–H and O–H groups in total. The van der Waals surface area contributed by atoms with Crippen LogP contribution in [0.15, 0.2) is 39.5 Å². The number of hydrogen-bond acceptors (Lipinski definition) is 4. The average Bonchev–Trinajstić information content (AvgIpc) is 2.92. The molecule has 0 bridgehead atoms. The van der Waals surface area contributed by atoms with E-state index >= 15 is 0 Å². The summed E-state index contributed by atoms with van der Waals surface area (Å²) in [6, 6.07) is 7.83. The van der Waals surface area contributed by atoms with Crippen LogP contribution >= 0.6 is 0 Å². The van der Waals surface area contributed by atoms with Gasteiger partial charge in [-0.15, -0.1) is 0 Å². The molecule has 0 unspecified atom stereocenters. The fraction of sp³-hybridized carbons (Fsp3) is 0.214. The number of fused-ring (bicyclic) bond motifs is 1. The minimum Gasteiger partial charge on any atom is -0.464 e. The van der Waals surface area contributed by atoms with Gasteiger partial charge in [0.1, 0.15) is 11.8 Å². The lowest BCUT2D eigenvalue weighted by atomic mass is 9.99. The molecule has 0 aliphatic carbocycles. The average molecular weight is 242 g/mol. The van der Waals surface area contributed by atoms with Crippen molar-refractivity contribution in [2.24, 2.45) is 0 Å². The Labute approximate surface area is 104 Å². The first-order valence-corrected chi connectivity index (χ1v) is 5.90. The maximum absolute atomic E-state index is 5.86. The van der Waals surface area contributed by atoms with Gasteiger partial charge in [0.25, 0.3) is 0 Å². The summed E-state index contributed by atoms with van der Waals surface area (Å²) >= 11 is 0. The number of benzene rings is 1. The molecule has 92 valence electrons. The standard InChI is InChI=1S/C14H14N2O2/c1-8(2)12-13(18-16-14(12)15)10-7-17-11-6-4-3-5-9(10)11/h3-8H,1-2H3,(H2,15,16). The topological polar surface area (TPSA) is 65.2 Å². The summed E-state index contributed by atoms with van der Waals surface area (Å²) in [5, 5.41) is 4.87. The van der Waals surface area contributed by atoms with Crippen LogP contribution in [0.4, 0.5) is 5.82 Å². The summed E-state index contributed by atoms with van der Waals surface area (Å²) in [5.41, 5.74) is 8.52. The Bertz CT molecular complexity index is 695. The third-order valence-electron chi connectivity index (χ3n) is 3.06. The van der Waals surface area contributed by atoms with Crippen molar-refractivity contribution in [2.75, 3.05) is 5.73 Å². The zero-order chi connectivity index (χ0) is 12.7. The molecule has 0 radical (unpaired) electrons. The lowest BCUT2D eigenvalue weighted by Gasteiger charge is -2.03. The fourth-order valence-corrected chi connectivity index (χ4v) is 2.22. The molecule has 0 amide bonds. The van der Waals surface area contributed by atoms with Crippen molar-refractivity contribution in [3.05, 3.63) is 36.1 Å². The van der Waals surface area contributed by atoms with Gasteiger partial charge in [-0.2, -0.15) is 0 Å².